The highest BCUT2D eigenvalue weighted by Gasteiger charge is 2.16. The van der Waals surface area contributed by atoms with Crippen molar-refractivity contribution in [1.82, 2.24) is 9.55 Å². The van der Waals surface area contributed by atoms with Crippen molar-refractivity contribution in [3.63, 3.8) is 0 Å². The van der Waals surface area contributed by atoms with E-state index in [-0.39, 0.29) is 11.7 Å². The number of aryl methyl sites for hydroxylation is 1. The molecule has 0 unspecified atom stereocenters. The highest BCUT2D eigenvalue weighted by Crippen LogP contribution is 2.21. The van der Waals surface area contributed by atoms with Gasteiger partial charge in [-0.3, -0.25) is 4.79 Å². The third kappa shape index (κ3) is 2.28. The molecule has 0 aliphatic rings. The number of aromatic nitrogens is 2. The molecule has 94 valence electrons. The van der Waals surface area contributed by atoms with Gasteiger partial charge in [0.1, 0.15) is 11.0 Å². The van der Waals surface area contributed by atoms with Gasteiger partial charge in [-0.25, -0.2) is 4.98 Å². The Labute approximate surface area is 115 Å². The summed E-state index contributed by atoms with van der Waals surface area (Å²) in [5.74, 6) is 0.594. The molecule has 0 N–H and O–H groups in total. The van der Waals surface area contributed by atoms with Crippen LogP contribution in [0.25, 0.3) is 5.82 Å². The van der Waals surface area contributed by atoms with E-state index in [2.05, 4.69) is 4.98 Å². The number of halogens is 2. The molecule has 0 spiro atoms. The second-order valence-corrected chi connectivity index (χ2v) is 4.65. The zero-order valence-corrected chi connectivity index (χ0v) is 11.6. The summed E-state index contributed by atoms with van der Waals surface area (Å²) in [5, 5.41) is 0.421. The number of pyridine rings is 1. The van der Waals surface area contributed by atoms with Gasteiger partial charge in [0.15, 0.2) is 5.78 Å². The number of ketones is 1. The fraction of sp³-hybridized carbons (Fsp3) is 0.231. The largest absolute Gasteiger partial charge is 0.302 e. The summed E-state index contributed by atoms with van der Waals surface area (Å²) >= 11 is 11.5. The third-order valence-electron chi connectivity index (χ3n) is 2.78. The molecule has 0 saturated heterocycles. The maximum absolute atomic E-state index is 11.7. The molecule has 0 saturated carbocycles. The zero-order chi connectivity index (χ0) is 13.3. The average molecular weight is 283 g/mol. The van der Waals surface area contributed by atoms with Crippen molar-refractivity contribution < 1.29 is 4.79 Å². The van der Waals surface area contributed by atoms with Gasteiger partial charge in [0.2, 0.25) is 0 Å². The minimum absolute atomic E-state index is 0.0206. The Kier molecular flexibility index (Phi) is 3.73. The Hall–Kier alpha value is -1.32. The smallest absolute Gasteiger partial charge is 0.179 e. The zero-order valence-electron chi connectivity index (χ0n) is 10.1. The monoisotopic (exact) mass is 282 g/mol. The van der Waals surface area contributed by atoms with Gasteiger partial charge in [-0.15, -0.1) is 11.6 Å². The van der Waals surface area contributed by atoms with Gasteiger partial charge in [0.05, 0.1) is 5.88 Å². The van der Waals surface area contributed by atoms with Crippen molar-refractivity contribution in [3.8, 4) is 5.82 Å². The predicted octanol–water partition coefficient (Wildman–Crippen LogP) is 3.56. The van der Waals surface area contributed by atoms with Gasteiger partial charge in [-0.2, -0.15) is 0 Å². The van der Waals surface area contributed by atoms with E-state index in [1.54, 1.807) is 6.07 Å². The lowest BCUT2D eigenvalue weighted by atomic mass is 10.2. The van der Waals surface area contributed by atoms with E-state index in [4.69, 9.17) is 23.2 Å². The quantitative estimate of drug-likeness (QED) is 0.490. The number of hydrogen-bond acceptors (Lipinski definition) is 2. The van der Waals surface area contributed by atoms with Gasteiger partial charge in [-0.05, 0) is 32.0 Å². The number of hydrogen-bond donors (Lipinski definition) is 0. The standard InChI is InChI=1S/C13H12Cl2N2O/c1-8-6-10(11(18)7-14)9(2)17(8)13-5-3-4-12(15)16-13/h3-6H,7H2,1-2H3. The Morgan fingerprint density at radius 1 is 1.39 bits per heavy atom. The van der Waals surface area contributed by atoms with Gasteiger partial charge in [0.25, 0.3) is 0 Å². The lowest BCUT2D eigenvalue weighted by Gasteiger charge is -2.08. The summed E-state index contributed by atoms with van der Waals surface area (Å²) in [6, 6.07) is 7.21. The molecule has 0 amide bonds. The normalized spacial score (nSPS) is 10.7. The number of Topliss-reactive ketones (excluding diaryl/α,β-unsaturated/α-hetero) is 1. The maximum atomic E-state index is 11.7. The van der Waals surface area contributed by atoms with Crippen molar-refractivity contribution >= 4 is 29.0 Å². The van der Waals surface area contributed by atoms with Crippen LogP contribution in [0.1, 0.15) is 21.7 Å². The highest BCUT2D eigenvalue weighted by molar-refractivity contribution is 6.30. The molecule has 0 aliphatic carbocycles. The number of nitrogens with zero attached hydrogens (tertiary/aromatic N) is 2. The minimum atomic E-state index is -0.0851. The Morgan fingerprint density at radius 3 is 2.72 bits per heavy atom. The van der Waals surface area contributed by atoms with Gasteiger partial charge in [0, 0.05) is 17.0 Å². The van der Waals surface area contributed by atoms with Gasteiger partial charge >= 0.3 is 0 Å². The van der Waals surface area contributed by atoms with Crippen LogP contribution in [0.15, 0.2) is 24.3 Å². The lowest BCUT2D eigenvalue weighted by Crippen LogP contribution is -2.05. The van der Waals surface area contributed by atoms with E-state index in [9.17, 15) is 4.79 Å². The second kappa shape index (κ2) is 5.12. The Morgan fingerprint density at radius 2 is 2.11 bits per heavy atom. The van der Waals surface area contributed by atoms with Crippen LogP contribution in [-0.4, -0.2) is 21.2 Å². The highest BCUT2D eigenvalue weighted by atomic mass is 35.5. The molecule has 18 heavy (non-hydrogen) atoms. The average Bonchev–Trinajstić information content (AvgIpc) is 2.64. The molecule has 2 heterocycles. The van der Waals surface area contributed by atoms with Crippen LogP contribution in [0, 0.1) is 13.8 Å². The summed E-state index contributed by atoms with van der Waals surface area (Å²) in [4.78, 5) is 16.0. The summed E-state index contributed by atoms with van der Waals surface area (Å²) in [6.45, 7) is 3.79. The van der Waals surface area contributed by atoms with Gasteiger partial charge < -0.3 is 4.57 Å². The molecule has 0 bridgehead atoms. The van der Waals surface area contributed by atoms with Crippen molar-refractivity contribution in [2.45, 2.75) is 13.8 Å². The molecule has 0 radical (unpaired) electrons. The first-order valence-electron chi connectivity index (χ1n) is 5.45. The molecule has 2 aromatic heterocycles. The van der Waals surface area contributed by atoms with Crippen molar-refractivity contribution in [2.24, 2.45) is 0 Å². The van der Waals surface area contributed by atoms with Crippen molar-refractivity contribution in [3.05, 3.63) is 46.4 Å². The van der Waals surface area contributed by atoms with Crippen LogP contribution in [0.4, 0.5) is 0 Å². The molecule has 0 atom stereocenters. The van der Waals surface area contributed by atoms with E-state index in [1.165, 1.54) is 0 Å². The maximum Gasteiger partial charge on any atom is 0.179 e. The molecule has 5 heteroatoms. The number of carbonyl (C=O) groups is 1. The molecule has 0 fully saturated rings. The van der Waals surface area contributed by atoms with Crippen LogP contribution < -0.4 is 0 Å². The molecule has 0 aliphatic heterocycles. The van der Waals surface area contributed by atoms with E-state index in [0.29, 0.717) is 16.5 Å². The molecular weight excluding hydrogens is 271 g/mol. The Balaban J connectivity index is 2.59. The first-order valence-corrected chi connectivity index (χ1v) is 6.37. The van der Waals surface area contributed by atoms with Crippen LogP contribution >= 0.6 is 23.2 Å². The summed E-state index contributed by atoms with van der Waals surface area (Å²) in [7, 11) is 0. The fourth-order valence-electron chi connectivity index (χ4n) is 1.99. The Bertz CT molecular complexity index is 605. The van der Waals surface area contributed by atoms with Crippen molar-refractivity contribution in [2.75, 3.05) is 5.88 Å². The van der Waals surface area contributed by atoms with Crippen LogP contribution in [0.3, 0.4) is 0 Å². The summed E-state index contributed by atoms with van der Waals surface area (Å²) < 4.78 is 1.89. The lowest BCUT2D eigenvalue weighted by molar-refractivity contribution is 0.102. The SMILES string of the molecule is Cc1cc(C(=O)CCl)c(C)n1-c1cccc(Cl)n1. The fourth-order valence-corrected chi connectivity index (χ4v) is 2.29. The van der Waals surface area contributed by atoms with Crippen LogP contribution in [0.2, 0.25) is 5.15 Å². The van der Waals surface area contributed by atoms with E-state index < -0.39 is 0 Å². The van der Waals surface area contributed by atoms with E-state index in [0.717, 1.165) is 11.4 Å². The molecule has 2 aromatic rings. The molecular formula is C13H12Cl2N2O. The van der Waals surface area contributed by atoms with Crippen LogP contribution in [-0.2, 0) is 0 Å². The molecule has 0 aromatic carbocycles. The number of carbonyl (C=O) groups excluding carboxylic acids is 1. The summed E-state index contributed by atoms with van der Waals surface area (Å²) in [5.41, 5.74) is 2.38. The summed E-state index contributed by atoms with van der Waals surface area (Å²) in [6.07, 6.45) is 0. The van der Waals surface area contributed by atoms with E-state index >= 15 is 0 Å². The third-order valence-corrected chi connectivity index (χ3v) is 3.24. The molecule has 2 rings (SSSR count). The van der Waals surface area contributed by atoms with Gasteiger partial charge in [-0.1, -0.05) is 17.7 Å². The first kappa shape index (κ1) is 13.1. The van der Waals surface area contributed by atoms with Crippen LogP contribution in [0.5, 0.6) is 0 Å². The predicted molar refractivity (Wildman–Crippen MR) is 73.1 cm³/mol. The van der Waals surface area contributed by atoms with Crippen molar-refractivity contribution in [1.29, 1.82) is 0 Å². The van der Waals surface area contributed by atoms with E-state index in [1.807, 2.05) is 36.6 Å². The minimum Gasteiger partial charge on any atom is -0.302 e. The number of alkyl halides is 1. The second-order valence-electron chi connectivity index (χ2n) is 4.00. The first-order chi connectivity index (χ1) is 8.54. The topological polar surface area (TPSA) is 34.9 Å². The number of rotatable bonds is 3. The molecule has 3 nitrogen and oxygen atoms in total.